The van der Waals surface area contributed by atoms with Gasteiger partial charge < -0.3 is 9.73 Å². The molecule has 3 aromatic carbocycles. The zero-order valence-electron chi connectivity index (χ0n) is 14.0. The maximum absolute atomic E-state index is 12.3. The fourth-order valence-corrected chi connectivity index (χ4v) is 2.65. The summed E-state index contributed by atoms with van der Waals surface area (Å²) in [6.07, 6.45) is 0. The number of benzene rings is 3. The van der Waals surface area contributed by atoms with E-state index in [4.69, 9.17) is 4.42 Å². The molecule has 0 radical (unpaired) electrons. The molecule has 1 amide bonds. The topological polar surface area (TPSA) is 98.3 Å². The molecule has 4 aromatic rings. The summed E-state index contributed by atoms with van der Waals surface area (Å²) in [7, 11) is 0. The van der Waals surface area contributed by atoms with Gasteiger partial charge in [0.2, 0.25) is 5.89 Å². The Morgan fingerprint density at radius 3 is 2.44 bits per heavy atom. The number of nitro groups is 1. The number of nitro benzene ring substituents is 1. The first-order valence-electron chi connectivity index (χ1n) is 8.12. The third kappa shape index (κ3) is 3.38. The lowest BCUT2D eigenvalue weighted by atomic mass is 10.2. The minimum atomic E-state index is -0.509. The number of amides is 1. The smallest absolute Gasteiger partial charge is 0.269 e. The van der Waals surface area contributed by atoms with Gasteiger partial charge in [0.1, 0.15) is 5.52 Å². The van der Waals surface area contributed by atoms with Crippen LogP contribution in [0.5, 0.6) is 0 Å². The van der Waals surface area contributed by atoms with Crippen molar-refractivity contribution in [1.82, 2.24) is 4.98 Å². The molecule has 0 aliphatic carbocycles. The zero-order valence-corrected chi connectivity index (χ0v) is 14.0. The van der Waals surface area contributed by atoms with Gasteiger partial charge in [-0.2, -0.15) is 0 Å². The lowest BCUT2D eigenvalue weighted by Gasteiger charge is -2.04. The molecule has 1 aromatic heterocycles. The monoisotopic (exact) mass is 359 g/mol. The van der Waals surface area contributed by atoms with Crippen LogP contribution in [-0.2, 0) is 0 Å². The van der Waals surface area contributed by atoms with Crippen molar-refractivity contribution in [3.05, 3.63) is 88.5 Å². The summed E-state index contributed by atoms with van der Waals surface area (Å²) in [4.78, 5) is 27.0. The third-order valence-electron chi connectivity index (χ3n) is 4.01. The molecular formula is C20H13N3O4. The highest BCUT2D eigenvalue weighted by atomic mass is 16.6. The van der Waals surface area contributed by atoms with Crippen LogP contribution in [0.3, 0.4) is 0 Å². The summed E-state index contributed by atoms with van der Waals surface area (Å²) >= 11 is 0. The normalized spacial score (nSPS) is 10.7. The van der Waals surface area contributed by atoms with Crippen molar-refractivity contribution in [2.75, 3.05) is 5.32 Å². The molecular weight excluding hydrogens is 346 g/mol. The maximum Gasteiger partial charge on any atom is 0.269 e. The Labute approximate surface area is 153 Å². The molecule has 0 saturated carbocycles. The average Bonchev–Trinajstić information content (AvgIpc) is 3.12. The average molecular weight is 359 g/mol. The largest absolute Gasteiger partial charge is 0.436 e. The molecule has 1 heterocycles. The second kappa shape index (κ2) is 6.72. The number of rotatable bonds is 4. The first-order chi connectivity index (χ1) is 13.1. The van der Waals surface area contributed by atoms with Crippen LogP contribution in [0.2, 0.25) is 0 Å². The molecule has 4 rings (SSSR count). The molecule has 7 nitrogen and oxygen atoms in total. The summed E-state index contributed by atoms with van der Waals surface area (Å²) in [5, 5.41) is 13.4. The van der Waals surface area contributed by atoms with Crippen LogP contribution in [0.15, 0.2) is 77.2 Å². The van der Waals surface area contributed by atoms with Crippen molar-refractivity contribution in [3.8, 4) is 11.5 Å². The fraction of sp³-hybridized carbons (Fsp3) is 0. The Hall–Kier alpha value is -4.00. The van der Waals surface area contributed by atoms with Gasteiger partial charge in [-0.25, -0.2) is 4.98 Å². The van der Waals surface area contributed by atoms with E-state index in [2.05, 4.69) is 10.3 Å². The highest BCUT2D eigenvalue weighted by Gasteiger charge is 2.12. The first-order valence-corrected chi connectivity index (χ1v) is 8.12. The lowest BCUT2D eigenvalue weighted by Crippen LogP contribution is -2.11. The van der Waals surface area contributed by atoms with Crippen LogP contribution in [0.25, 0.3) is 22.6 Å². The number of nitrogens with one attached hydrogen (secondary N) is 1. The van der Waals surface area contributed by atoms with E-state index in [1.165, 1.54) is 24.3 Å². The number of hydrogen-bond donors (Lipinski definition) is 1. The van der Waals surface area contributed by atoms with Crippen molar-refractivity contribution in [2.45, 2.75) is 0 Å². The molecule has 0 aliphatic rings. The standard InChI is InChI=1S/C20H13N3O4/c24-19(13-6-9-16(10-7-13)23(25)26)21-15-8-11-18-17(12-15)22-20(27-18)14-4-2-1-3-5-14/h1-12H,(H,21,24). The molecule has 0 aliphatic heterocycles. The van der Waals surface area contributed by atoms with Crippen molar-refractivity contribution in [2.24, 2.45) is 0 Å². The number of aromatic nitrogens is 1. The molecule has 0 fully saturated rings. The zero-order chi connectivity index (χ0) is 18.8. The summed E-state index contributed by atoms with van der Waals surface area (Å²) in [5.74, 6) is 0.139. The molecule has 0 bridgehead atoms. The molecule has 0 spiro atoms. The van der Waals surface area contributed by atoms with Gasteiger partial charge in [0, 0.05) is 28.9 Å². The van der Waals surface area contributed by atoms with Gasteiger partial charge in [0.05, 0.1) is 4.92 Å². The molecule has 27 heavy (non-hydrogen) atoms. The maximum atomic E-state index is 12.3. The summed E-state index contributed by atoms with van der Waals surface area (Å²) < 4.78 is 5.75. The molecule has 0 saturated heterocycles. The van der Waals surface area contributed by atoms with Crippen molar-refractivity contribution in [3.63, 3.8) is 0 Å². The van der Waals surface area contributed by atoms with E-state index in [1.807, 2.05) is 30.3 Å². The van der Waals surface area contributed by atoms with Gasteiger partial charge in [0.25, 0.3) is 11.6 Å². The van der Waals surface area contributed by atoms with E-state index < -0.39 is 4.92 Å². The number of hydrogen-bond acceptors (Lipinski definition) is 5. The number of carbonyl (C=O) groups excluding carboxylic acids is 1. The van der Waals surface area contributed by atoms with Crippen molar-refractivity contribution < 1.29 is 14.1 Å². The Bertz CT molecular complexity index is 1140. The number of fused-ring (bicyclic) bond motifs is 1. The summed E-state index contributed by atoms with van der Waals surface area (Å²) in [6.45, 7) is 0. The third-order valence-corrected chi connectivity index (χ3v) is 4.01. The van der Waals surface area contributed by atoms with E-state index in [1.54, 1.807) is 18.2 Å². The van der Waals surface area contributed by atoms with E-state index in [-0.39, 0.29) is 11.6 Å². The molecule has 1 N–H and O–H groups in total. The number of carbonyl (C=O) groups is 1. The van der Waals surface area contributed by atoms with E-state index in [9.17, 15) is 14.9 Å². The van der Waals surface area contributed by atoms with Crippen LogP contribution in [0, 0.1) is 10.1 Å². The Morgan fingerprint density at radius 1 is 1.00 bits per heavy atom. The number of nitrogens with zero attached hydrogens (tertiary/aromatic N) is 2. The van der Waals surface area contributed by atoms with Crippen molar-refractivity contribution in [1.29, 1.82) is 0 Å². The molecule has 132 valence electrons. The van der Waals surface area contributed by atoms with Crippen LogP contribution >= 0.6 is 0 Å². The minimum absolute atomic E-state index is 0.0657. The van der Waals surface area contributed by atoms with Crippen LogP contribution in [-0.4, -0.2) is 15.8 Å². The molecule has 0 atom stereocenters. The van der Waals surface area contributed by atoms with E-state index >= 15 is 0 Å². The highest BCUT2D eigenvalue weighted by Crippen LogP contribution is 2.26. The predicted octanol–water partition coefficient (Wildman–Crippen LogP) is 4.66. The number of anilines is 1. The number of oxazole rings is 1. The first kappa shape index (κ1) is 16.5. The van der Waals surface area contributed by atoms with Gasteiger partial charge in [0.15, 0.2) is 5.58 Å². The van der Waals surface area contributed by atoms with Gasteiger partial charge in [-0.15, -0.1) is 0 Å². The SMILES string of the molecule is O=C(Nc1ccc2oc(-c3ccccc3)nc2c1)c1ccc([N+](=O)[O-])cc1. The van der Waals surface area contributed by atoms with Gasteiger partial charge in [-0.3, -0.25) is 14.9 Å². The lowest BCUT2D eigenvalue weighted by molar-refractivity contribution is -0.384. The Kier molecular flexibility index (Phi) is 4.10. The quantitative estimate of drug-likeness (QED) is 0.422. The minimum Gasteiger partial charge on any atom is -0.436 e. The Balaban J connectivity index is 1.57. The highest BCUT2D eigenvalue weighted by molar-refractivity contribution is 6.05. The molecule has 0 unspecified atom stereocenters. The number of non-ortho nitro benzene ring substituents is 1. The van der Waals surface area contributed by atoms with Crippen LogP contribution in [0.4, 0.5) is 11.4 Å². The van der Waals surface area contributed by atoms with Gasteiger partial charge in [-0.05, 0) is 42.5 Å². The van der Waals surface area contributed by atoms with Gasteiger partial charge >= 0.3 is 0 Å². The summed E-state index contributed by atoms with van der Waals surface area (Å²) in [6, 6.07) is 20.1. The second-order valence-electron chi connectivity index (χ2n) is 5.83. The summed E-state index contributed by atoms with van der Waals surface area (Å²) in [5.41, 5.74) is 2.91. The molecule has 7 heteroatoms. The fourth-order valence-electron chi connectivity index (χ4n) is 2.65. The Morgan fingerprint density at radius 2 is 1.74 bits per heavy atom. The van der Waals surface area contributed by atoms with Crippen LogP contribution < -0.4 is 5.32 Å². The van der Waals surface area contributed by atoms with Gasteiger partial charge in [-0.1, -0.05) is 18.2 Å². The van der Waals surface area contributed by atoms with Crippen LogP contribution in [0.1, 0.15) is 10.4 Å². The van der Waals surface area contributed by atoms with Crippen molar-refractivity contribution >= 4 is 28.4 Å². The van der Waals surface area contributed by atoms with E-state index in [0.717, 1.165) is 5.56 Å². The van der Waals surface area contributed by atoms with E-state index in [0.29, 0.717) is 28.2 Å². The second-order valence-corrected chi connectivity index (χ2v) is 5.83. The predicted molar refractivity (Wildman–Crippen MR) is 100 cm³/mol.